The fourth-order valence-corrected chi connectivity index (χ4v) is 6.13. The predicted molar refractivity (Wildman–Crippen MR) is 167 cm³/mol. The van der Waals surface area contributed by atoms with Gasteiger partial charge in [0.2, 0.25) is 0 Å². The summed E-state index contributed by atoms with van der Waals surface area (Å²) in [6.07, 6.45) is 0. The van der Waals surface area contributed by atoms with E-state index in [1.807, 2.05) is 72.3 Å². The van der Waals surface area contributed by atoms with Crippen LogP contribution >= 0.6 is 39.1 Å². The SMILES string of the molecule is Cc1nn(-c2ccccc2)c2c1[C@H](c1cccc(Br)c1)N1C(=N2)C(=Nc2ccc(Cl)cc2Cl)Nc2ccccc21. The van der Waals surface area contributed by atoms with Crippen molar-refractivity contribution in [2.45, 2.75) is 13.0 Å². The van der Waals surface area contributed by atoms with Crippen molar-refractivity contribution in [1.29, 1.82) is 0 Å². The van der Waals surface area contributed by atoms with Crippen LogP contribution in [0.3, 0.4) is 0 Å². The van der Waals surface area contributed by atoms with Gasteiger partial charge in [0, 0.05) is 15.1 Å². The Bertz CT molecular complexity index is 1850. The molecule has 0 amide bonds. The van der Waals surface area contributed by atoms with Gasteiger partial charge in [-0.3, -0.25) is 0 Å². The summed E-state index contributed by atoms with van der Waals surface area (Å²) in [4.78, 5) is 12.5. The molecule has 3 heterocycles. The van der Waals surface area contributed by atoms with E-state index in [0.717, 1.165) is 44.2 Å². The number of nitrogens with zero attached hydrogens (tertiary/aromatic N) is 5. The third kappa shape index (κ3) is 4.22. The Morgan fingerprint density at radius 3 is 2.50 bits per heavy atom. The molecular weight excluding hydrogens is 607 g/mol. The van der Waals surface area contributed by atoms with E-state index in [-0.39, 0.29) is 6.04 Å². The number of aliphatic imine (C=N–C) groups is 2. The van der Waals surface area contributed by atoms with E-state index in [9.17, 15) is 0 Å². The van der Waals surface area contributed by atoms with Crippen LogP contribution in [0.1, 0.15) is 22.9 Å². The van der Waals surface area contributed by atoms with Crippen molar-refractivity contribution in [1.82, 2.24) is 9.78 Å². The number of hydrogen-bond acceptors (Lipinski definition) is 4. The van der Waals surface area contributed by atoms with E-state index in [2.05, 4.69) is 50.4 Å². The molecule has 2 aliphatic heterocycles. The average Bonchev–Trinajstić information content (AvgIpc) is 3.30. The van der Waals surface area contributed by atoms with Gasteiger partial charge < -0.3 is 10.2 Å². The monoisotopic (exact) mass is 626 g/mol. The van der Waals surface area contributed by atoms with Gasteiger partial charge in [-0.2, -0.15) is 5.10 Å². The maximum Gasteiger partial charge on any atom is 0.179 e. The topological polar surface area (TPSA) is 57.8 Å². The molecule has 6 nitrogen and oxygen atoms in total. The molecule has 2 aliphatic rings. The van der Waals surface area contributed by atoms with Crippen LogP contribution in [0.15, 0.2) is 112 Å². The first-order chi connectivity index (χ1) is 19.5. The molecule has 0 fully saturated rings. The van der Waals surface area contributed by atoms with E-state index in [0.29, 0.717) is 27.4 Å². The summed E-state index contributed by atoms with van der Waals surface area (Å²) in [5.74, 6) is 2.00. The molecule has 0 aliphatic carbocycles. The molecule has 40 heavy (non-hydrogen) atoms. The minimum Gasteiger partial charge on any atom is -0.335 e. The lowest BCUT2D eigenvalue weighted by molar-refractivity contribution is 0.815. The summed E-state index contributed by atoms with van der Waals surface area (Å²) in [7, 11) is 0. The van der Waals surface area contributed by atoms with Gasteiger partial charge >= 0.3 is 0 Å². The van der Waals surface area contributed by atoms with Gasteiger partial charge in [-0.25, -0.2) is 14.7 Å². The Morgan fingerprint density at radius 2 is 1.70 bits per heavy atom. The molecule has 1 aromatic heterocycles. The number of rotatable bonds is 3. The second kappa shape index (κ2) is 9.93. The molecule has 5 aromatic rings. The first-order valence-electron chi connectivity index (χ1n) is 12.7. The molecule has 0 spiro atoms. The van der Waals surface area contributed by atoms with Crippen LogP contribution in [0.5, 0.6) is 0 Å². The predicted octanol–water partition coefficient (Wildman–Crippen LogP) is 9.05. The number of para-hydroxylation sites is 3. The van der Waals surface area contributed by atoms with Crippen molar-refractivity contribution in [3.05, 3.63) is 128 Å². The second-order valence-electron chi connectivity index (χ2n) is 9.53. The average molecular weight is 628 g/mol. The largest absolute Gasteiger partial charge is 0.335 e. The molecule has 9 heteroatoms. The Balaban J connectivity index is 1.54. The van der Waals surface area contributed by atoms with Crippen LogP contribution in [0, 0.1) is 6.92 Å². The molecule has 0 saturated heterocycles. The molecule has 7 rings (SSSR count). The number of aromatic nitrogens is 2. The minimum absolute atomic E-state index is 0.216. The van der Waals surface area contributed by atoms with Crippen LogP contribution in [0.2, 0.25) is 10.0 Å². The summed E-state index contributed by atoms with van der Waals surface area (Å²) >= 11 is 16.4. The number of aryl methyl sites for hydroxylation is 1. The summed E-state index contributed by atoms with van der Waals surface area (Å²) in [6, 6.07) is 31.7. The zero-order chi connectivity index (χ0) is 27.4. The van der Waals surface area contributed by atoms with E-state index in [1.165, 1.54) is 0 Å². The van der Waals surface area contributed by atoms with Crippen LogP contribution in [0.25, 0.3) is 5.69 Å². The highest BCUT2D eigenvalue weighted by Crippen LogP contribution is 2.48. The molecule has 0 saturated carbocycles. The minimum atomic E-state index is -0.216. The third-order valence-corrected chi connectivity index (χ3v) is 8.02. The fourth-order valence-electron chi connectivity index (χ4n) is 5.27. The zero-order valence-electron chi connectivity index (χ0n) is 21.2. The molecule has 196 valence electrons. The van der Waals surface area contributed by atoms with Crippen LogP contribution in [0.4, 0.5) is 22.9 Å². The lowest BCUT2D eigenvalue weighted by Crippen LogP contribution is -2.48. The molecule has 0 radical (unpaired) electrons. The number of fused-ring (bicyclic) bond motifs is 4. The van der Waals surface area contributed by atoms with Gasteiger partial charge in [0.15, 0.2) is 17.5 Å². The standard InChI is InChI=1S/C31H21BrCl2N6/c1-18-27-28(19-8-7-9-20(32)16-19)39-26-13-6-5-12-25(26)36-29(35-24-15-14-21(33)17-23(24)34)31(39)37-30(27)40(38-18)22-10-3-2-4-11-22/h2-17,28H,1H3,(H,35,36)/t28-/m0/s1. The number of halogens is 3. The summed E-state index contributed by atoms with van der Waals surface area (Å²) in [5, 5.41) is 9.50. The van der Waals surface area contributed by atoms with Crippen molar-refractivity contribution >= 4 is 73.7 Å². The highest BCUT2D eigenvalue weighted by atomic mass is 79.9. The lowest BCUT2D eigenvalue weighted by Gasteiger charge is -2.42. The van der Waals surface area contributed by atoms with E-state index < -0.39 is 0 Å². The summed E-state index contributed by atoms with van der Waals surface area (Å²) < 4.78 is 2.90. The van der Waals surface area contributed by atoms with Crippen molar-refractivity contribution in [3.8, 4) is 5.69 Å². The highest BCUT2D eigenvalue weighted by molar-refractivity contribution is 9.10. The zero-order valence-corrected chi connectivity index (χ0v) is 24.3. The maximum absolute atomic E-state index is 6.56. The number of hydrogen-bond donors (Lipinski definition) is 1. The summed E-state index contributed by atoms with van der Waals surface area (Å²) in [5.41, 5.74) is 6.47. The third-order valence-electron chi connectivity index (χ3n) is 6.99. The van der Waals surface area contributed by atoms with Crippen molar-refractivity contribution in [2.24, 2.45) is 9.98 Å². The highest BCUT2D eigenvalue weighted by Gasteiger charge is 2.42. The number of nitrogens with one attached hydrogen (secondary N) is 1. The van der Waals surface area contributed by atoms with Gasteiger partial charge in [0.1, 0.15) is 0 Å². The smallest absolute Gasteiger partial charge is 0.179 e. The lowest BCUT2D eigenvalue weighted by atomic mass is 9.93. The van der Waals surface area contributed by atoms with Gasteiger partial charge in [0.25, 0.3) is 0 Å². The molecule has 4 aromatic carbocycles. The summed E-state index contributed by atoms with van der Waals surface area (Å²) in [6.45, 7) is 2.04. The van der Waals surface area contributed by atoms with Crippen LogP contribution in [-0.2, 0) is 0 Å². The van der Waals surface area contributed by atoms with Gasteiger partial charge in [-0.15, -0.1) is 0 Å². The Labute approximate surface area is 249 Å². The normalized spacial score (nSPS) is 16.6. The van der Waals surface area contributed by atoms with Crippen molar-refractivity contribution in [2.75, 3.05) is 10.2 Å². The van der Waals surface area contributed by atoms with Gasteiger partial charge in [-0.1, -0.05) is 81.6 Å². The van der Waals surface area contributed by atoms with Crippen LogP contribution in [-0.4, -0.2) is 21.5 Å². The number of anilines is 2. The van der Waals surface area contributed by atoms with E-state index in [4.69, 9.17) is 38.3 Å². The first kappa shape index (κ1) is 25.1. The Morgan fingerprint density at radius 1 is 0.900 bits per heavy atom. The van der Waals surface area contributed by atoms with Crippen molar-refractivity contribution < 1.29 is 0 Å². The van der Waals surface area contributed by atoms with Gasteiger partial charge in [0.05, 0.1) is 39.5 Å². The second-order valence-corrected chi connectivity index (χ2v) is 11.3. The van der Waals surface area contributed by atoms with E-state index in [1.54, 1.807) is 12.1 Å². The first-order valence-corrected chi connectivity index (χ1v) is 14.2. The van der Waals surface area contributed by atoms with Gasteiger partial charge in [-0.05, 0) is 67.1 Å². The van der Waals surface area contributed by atoms with E-state index >= 15 is 0 Å². The van der Waals surface area contributed by atoms with Crippen LogP contribution < -0.4 is 10.2 Å². The molecule has 0 unspecified atom stereocenters. The number of benzene rings is 4. The fraction of sp³-hybridized carbons (Fsp3) is 0.0645. The number of amidine groups is 2. The molecule has 1 N–H and O–H groups in total. The molecular formula is C31H21BrCl2N6. The van der Waals surface area contributed by atoms with Crippen molar-refractivity contribution in [3.63, 3.8) is 0 Å². The molecule has 1 atom stereocenters. The maximum atomic E-state index is 6.56. The Kier molecular flexibility index (Phi) is 6.23. The molecule has 0 bridgehead atoms. The Hall–Kier alpha value is -3.91. The quantitative estimate of drug-likeness (QED) is 0.217.